The number of aliphatic hydroxyl groups excluding tert-OH is 1. The van der Waals surface area contributed by atoms with Gasteiger partial charge in [0.15, 0.2) is 0 Å². The zero-order valence-corrected chi connectivity index (χ0v) is 16.2. The van der Waals surface area contributed by atoms with E-state index in [2.05, 4.69) is 5.32 Å². The van der Waals surface area contributed by atoms with Gasteiger partial charge >= 0.3 is 12.1 Å². The Bertz CT molecular complexity index is 827. The van der Waals surface area contributed by atoms with Crippen LogP contribution in [0.15, 0.2) is 54.6 Å². The third-order valence-electron chi connectivity index (χ3n) is 4.89. The van der Waals surface area contributed by atoms with Crippen LogP contribution in [0.3, 0.4) is 0 Å². The summed E-state index contributed by atoms with van der Waals surface area (Å²) in [5.41, 5.74) is 2.22. The van der Waals surface area contributed by atoms with Crippen LogP contribution < -0.4 is 10.2 Å². The minimum atomic E-state index is -0.613. The van der Waals surface area contributed by atoms with Crippen molar-refractivity contribution in [3.8, 4) is 0 Å². The number of carbonyl (C=O) groups is 2. The van der Waals surface area contributed by atoms with E-state index in [-0.39, 0.29) is 12.1 Å². The molecule has 2 N–H and O–H groups in total. The molecule has 1 saturated heterocycles. The lowest BCUT2D eigenvalue weighted by atomic mass is 10.1. The smallest absolute Gasteiger partial charge is 0.324 e. The molecular weight excluding hydrogens is 356 g/mol. The minimum absolute atomic E-state index is 0.0458. The molecule has 3 rings (SSSR count). The third-order valence-corrected chi connectivity index (χ3v) is 4.89. The number of amides is 4. The molecule has 1 fully saturated rings. The fourth-order valence-electron chi connectivity index (χ4n) is 3.12. The molecule has 1 heterocycles. The van der Waals surface area contributed by atoms with Crippen LogP contribution in [0.5, 0.6) is 0 Å². The fraction of sp³-hybridized carbons (Fsp3) is 0.333. The Morgan fingerprint density at radius 3 is 2.61 bits per heavy atom. The van der Waals surface area contributed by atoms with Crippen molar-refractivity contribution < 1.29 is 14.7 Å². The van der Waals surface area contributed by atoms with E-state index in [1.165, 1.54) is 4.90 Å². The van der Waals surface area contributed by atoms with Gasteiger partial charge in [-0.2, -0.15) is 0 Å². The van der Waals surface area contributed by atoms with Crippen LogP contribution in [0, 0.1) is 0 Å². The van der Waals surface area contributed by atoms with Gasteiger partial charge in [0, 0.05) is 45.1 Å². The van der Waals surface area contributed by atoms with Crippen molar-refractivity contribution in [3.63, 3.8) is 0 Å². The Hall–Kier alpha value is -3.06. The number of hydrogen-bond acceptors (Lipinski definition) is 3. The van der Waals surface area contributed by atoms with E-state index in [0.29, 0.717) is 31.7 Å². The number of urea groups is 2. The van der Waals surface area contributed by atoms with E-state index >= 15 is 0 Å². The molecule has 0 saturated carbocycles. The molecule has 7 heteroatoms. The summed E-state index contributed by atoms with van der Waals surface area (Å²) in [6.45, 7) is 1.73. The Morgan fingerprint density at radius 2 is 1.93 bits per heavy atom. The number of carbonyl (C=O) groups excluding carboxylic acids is 2. The first-order valence-corrected chi connectivity index (χ1v) is 9.33. The van der Waals surface area contributed by atoms with Gasteiger partial charge in [-0.05, 0) is 30.2 Å². The minimum Gasteiger partial charge on any atom is -0.388 e. The van der Waals surface area contributed by atoms with Gasteiger partial charge < -0.3 is 20.2 Å². The van der Waals surface area contributed by atoms with E-state index < -0.39 is 6.10 Å². The summed E-state index contributed by atoms with van der Waals surface area (Å²) in [6, 6.07) is 16.3. The highest BCUT2D eigenvalue weighted by molar-refractivity contribution is 5.95. The number of hydrogen-bond donors (Lipinski definition) is 2. The number of aliphatic hydroxyl groups is 1. The van der Waals surface area contributed by atoms with Gasteiger partial charge in [0.05, 0.1) is 6.10 Å². The molecule has 0 bridgehead atoms. The first kappa shape index (κ1) is 19.7. The quantitative estimate of drug-likeness (QED) is 0.806. The monoisotopic (exact) mass is 382 g/mol. The maximum atomic E-state index is 12.5. The highest BCUT2D eigenvalue weighted by Crippen LogP contribution is 2.23. The number of anilines is 2. The van der Waals surface area contributed by atoms with Crippen molar-refractivity contribution in [2.45, 2.75) is 12.5 Å². The van der Waals surface area contributed by atoms with E-state index in [1.54, 1.807) is 36.0 Å². The number of rotatable bonds is 6. The summed E-state index contributed by atoms with van der Waals surface area (Å²) in [6.07, 6.45) is -0.166. The molecule has 0 spiro atoms. The summed E-state index contributed by atoms with van der Waals surface area (Å²) in [4.78, 5) is 29.5. The van der Waals surface area contributed by atoms with Crippen LogP contribution in [0.4, 0.5) is 21.0 Å². The van der Waals surface area contributed by atoms with E-state index in [1.807, 2.05) is 42.5 Å². The van der Waals surface area contributed by atoms with Crippen LogP contribution in [-0.2, 0) is 0 Å². The van der Waals surface area contributed by atoms with Gasteiger partial charge in [0.1, 0.15) is 0 Å². The molecule has 1 atom stereocenters. The summed E-state index contributed by atoms with van der Waals surface area (Å²) in [7, 11) is 3.46. The molecule has 1 aliphatic heterocycles. The molecule has 28 heavy (non-hydrogen) atoms. The zero-order chi connectivity index (χ0) is 20.1. The lowest BCUT2D eigenvalue weighted by molar-refractivity contribution is 0.152. The normalized spacial score (nSPS) is 14.9. The molecule has 0 aliphatic carbocycles. The maximum Gasteiger partial charge on any atom is 0.324 e. The van der Waals surface area contributed by atoms with Crippen molar-refractivity contribution in [1.82, 2.24) is 9.80 Å². The lowest BCUT2D eigenvalue weighted by Crippen LogP contribution is -2.33. The number of nitrogens with one attached hydrogen (secondary N) is 1. The van der Waals surface area contributed by atoms with Crippen LogP contribution >= 0.6 is 0 Å². The molecule has 1 aliphatic rings. The number of nitrogens with zero attached hydrogens (tertiary/aromatic N) is 3. The highest BCUT2D eigenvalue weighted by Gasteiger charge is 2.26. The molecule has 148 valence electrons. The summed E-state index contributed by atoms with van der Waals surface area (Å²) >= 11 is 0. The standard InChI is InChI=1S/C21H26N4O3/c1-23(12-11-19(26)16-7-4-3-5-8-16)20(27)22-17-9-6-10-18(15-17)25-14-13-24(2)21(25)28/h3-10,15,19,26H,11-14H2,1-2H3,(H,22,27). The maximum absolute atomic E-state index is 12.5. The van der Waals surface area contributed by atoms with Crippen LogP contribution in [-0.4, -0.2) is 60.7 Å². The SMILES string of the molecule is CN(CCC(O)c1ccccc1)C(=O)Nc1cccc(N2CCN(C)C2=O)c1. The van der Waals surface area contributed by atoms with Gasteiger partial charge in [-0.25, -0.2) is 9.59 Å². The van der Waals surface area contributed by atoms with Crippen LogP contribution in [0.25, 0.3) is 0 Å². The second kappa shape index (κ2) is 8.75. The lowest BCUT2D eigenvalue weighted by Gasteiger charge is -2.21. The van der Waals surface area contributed by atoms with Crippen LogP contribution in [0.1, 0.15) is 18.1 Å². The largest absolute Gasteiger partial charge is 0.388 e. The van der Waals surface area contributed by atoms with Gasteiger partial charge in [-0.1, -0.05) is 36.4 Å². The third kappa shape index (κ3) is 4.61. The average Bonchev–Trinajstić information content (AvgIpc) is 3.05. The Labute approximate surface area is 165 Å². The molecule has 0 radical (unpaired) electrons. The van der Waals surface area contributed by atoms with Gasteiger partial charge in [0.2, 0.25) is 0 Å². The first-order chi connectivity index (χ1) is 13.5. The van der Waals surface area contributed by atoms with Crippen molar-refractivity contribution >= 4 is 23.4 Å². The van der Waals surface area contributed by atoms with Gasteiger partial charge in [-0.3, -0.25) is 4.90 Å². The highest BCUT2D eigenvalue weighted by atomic mass is 16.3. The second-order valence-electron chi connectivity index (χ2n) is 6.97. The van der Waals surface area contributed by atoms with Gasteiger partial charge in [0.25, 0.3) is 0 Å². The molecule has 7 nitrogen and oxygen atoms in total. The van der Waals surface area contributed by atoms with Gasteiger partial charge in [-0.15, -0.1) is 0 Å². The van der Waals surface area contributed by atoms with Crippen molar-refractivity contribution in [2.24, 2.45) is 0 Å². The molecule has 2 aromatic carbocycles. The van der Waals surface area contributed by atoms with Crippen molar-refractivity contribution in [1.29, 1.82) is 0 Å². The molecule has 0 aromatic heterocycles. The van der Waals surface area contributed by atoms with Crippen molar-refractivity contribution in [3.05, 3.63) is 60.2 Å². The second-order valence-corrected chi connectivity index (χ2v) is 6.97. The summed E-state index contributed by atoms with van der Waals surface area (Å²) in [5.74, 6) is 0. The topological polar surface area (TPSA) is 76.1 Å². The Kier molecular flexibility index (Phi) is 6.16. The van der Waals surface area contributed by atoms with E-state index in [9.17, 15) is 14.7 Å². The molecule has 2 aromatic rings. The Morgan fingerprint density at radius 1 is 1.18 bits per heavy atom. The Balaban J connectivity index is 1.55. The number of likely N-dealkylation sites (N-methyl/N-ethyl adjacent to an activating group) is 1. The summed E-state index contributed by atoms with van der Waals surface area (Å²) in [5, 5.41) is 13.1. The average molecular weight is 382 g/mol. The number of benzene rings is 2. The van der Waals surface area contributed by atoms with Crippen molar-refractivity contribution in [2.75, 3.05) is 43.9 Å². The molecular formula is C21H26N4O3. The first-order valence-electron chi connectivity index (χ1n) is 9.33. The van der Waals surface area contributed by atoms with E-state index in [4.69, 9.17) is 0 Å². The molecule has 1 unspecified atom stereocenters. The van der Waals surface area contributed by atoms with Crippen LogP contribution in [0.2, 0.25) is 0 Å². The molecule has 4 amide bonds. The van der Waals surface area contributed by atoms with E-state index in [0.717, 1.165) is 11.3 Å². The fourth-order valence-corrected chi connectivity index (χ4v) is 3.12. The predicted octanol–water partition coefficient (Wildman–Crippen LogP) is 3.15. The summed E-state index contributed by atoms with van der Waals surface area (Å²) < 4.78 is 0. The predicted molar refractivity (Wildman–Crippen MR) is 109 cm³/mol. The zero-order valence-electron chi connectivity index (χ0n) is 16.2.